The predicted molar refractivity (Wildman–Crippen MR) is 99.7 cm³/mol. The maximum absolute atomic E-state index is 12.6. The molecule has 13 nitrogen and oxygen atoms in total. The number of imide groups is 1. The molecule has 0 spiro atoms. The molecule has 0 saturated carbocycles. The van der Waals surface area contributed by atoms with Crippen LogP contribution in [0.15, 0.2) is 0 Å². The van der Waals surface area contributed by atoms with Crippen molar-refractivity contribution in [3.63, 3.8) is 0 Å². The molecule has 1 unspecified atom stereocenters. The molecule has 3 atom stereocenters. The number of rotatable bonds is 8. The third-order valence-corrected chi connectivity index (χ3v) is 3.54. The molecule has 0 bridgehead atoms. The number of esters is 4. The molecule has 13 heteroatoms. The first kappa shape index (κ1) is 26.5. The number of amides is 2. The van der Waals surface area contributed by atoms with E-state index in [1.807, 2.05) is 0 Å². The predicted octanol–water partition coefficient (Wildman–Crippen LogP) is -0.270. The van der Waals surface area contributed by atoms with E-state index in [4.69, 9.17) is 18.9 Å². The summed E-state index contributed by atoms with van der Waals surface area (Å²) in [6.45, 7) is 7.67. The van der Waals surface area contributed by atoms with Crippen LogP contribution in [-0.2, 0) is 57.3 Å². The van der Waals surface area contributed by atoms with E-state index in [1.165, 1.54) is 0 Å². The quantitative estimate of drug-likeness (QED) is 0.265. The van der Waals surface area contributed by atoms with Crippen LogP contribution in [0.2, 0.25) is 0 Å². The fraction of sp³-hybridized carbons (Fsp3) is 0.632. The highest BCUT2D eigenvalue weighted by molar-refractivity contribution is 6.02. The molecule has 0 radical (unpaired) electrons. The average Bonchev–Trinajstić information content (AvgIpc) is 2.94. The number of ether oxygens (including phenoxy) is 4. The van der Waals surface area contributed by atoms with Crippen LogP contribution in [0.4, 0.5) is 0 Å². The van der Waals surface area contributed by atoms with Gasteiger partial charge in [-0.05, 0) is 27.7 Å². The fourth-order valence-corrected chi connectivity index (χ4v) is 2.30. The average molecular weight is 459 g/mol. The second-order valence-corrected chi connectivity index (χ2v) is 7.66. The monoisotopic (exact) mass is 459 g/mol. The molecule has 1 heterocycles. The van der Waals surface area contributed by atoms with Crippen LogP contribution in [0.3, 0.4) is 0 Å². The molecule has 1 saturated heterocycles. The second-order valence-electron chi connectivity index (χ2n) is 7.66. The second kappa shape index (κ2) is 10.7. The van der Waals surface area contributed by atoms with E-state index in [0.717, 1.165) is 20.8 Å². The Bertz CT molecular complexity index is 796. The Morgan fingerprint density at radius 3 is 1.62 bits per heavy atom. The van der Waals surface area contributed by atoms with Crippen LogP contribution in [0.5, 0.6) is 0 Å². The summed E-state index contributed by atoms with van der Waals surface area (Å²) >= 11 is 0. The van der Waals surface area contributed by atoms with E-state index in [0.29, 0.717) is 0 Å². The normalized spacial score (nSPS) is 16.5. The number of carbonyl (C=O) groups is 7. The van der Waals surface area contributed by atoms with Crippen LogP contribution in [0.25, 0.3) is 0 Å². The first-order valence-corrected chi connectivity index (χ1v) is 9.47. The zero-order valence-electron chi connectivity index (χ0n) is 18.5. The van der Waals surface area contributed by atoms with Gasteiger partial charge >= 0.3 is 29.8 Å². The summed E-state index contributed by atoms with van der Waals surface area (Å²) in [5, 5.41) is 0.151. The molecular formula is C19H25NO12. The van der Waals surface area contributed by atoms with E-state index in [2.05, 4.69) is 4.84 Å². The van der Waals surface area contributed by atoms with Crippen molar-refractivity contribution in [1.82, 2.24) is 5.06 Å². The summed E-state index contributed by atoms with van der Waals surface area (Å²) in [6.07, 6.45) is -6.37. The minimum absolute atomic E-state index is 0.151. The minimum atomic E-state index is -2.24. The molecule has 178 valence electrons. The highest BCUT2D eigenvalue weighted by Gasteiger charge is 2.45. The third kappa shape index (κ3) is 7.96. The SMILES string of the molecule is CC(=O)OC(C(=O)O[C@@H](C)C(=O)OC(C)(C)C)[C@@H](OC(C)=O)C(=O)ON1C(=O)CCC1=O. The van der Waals surface area contributed by atoms with Crippen LogP contribution in [-0.4, -0.2) is 70.6 Å². The van der Waals surface area contributed by atoms with Crippen molar-refractivity contribution in [2.75, 3.05) is 0 Å². The number of hydrogen-bond donors (Lipinski definition) is 0. The Balaban J connectivity index is 3.11. The van der Waals surface area contributed by atoms with Crippen molar-refractivity contribution >= 4 is 41.7 Å². The Kier molecular flexibility index (Phi) is 8.86. The van der Waals surface area contributed by atoms with E-state index >= 15 is 0 Å². The summed E-state index contributed by atoms with van der Waals surface area (Å²) in [5.41, 5.74) is -0.897. The van der Waals surface area contributed by atoms with Crippen LogP contribution < -0.4 is 0 Å². The molecule has 0 aromatic heterocycles. The highest BCUT2D eigenvalue weighted by atomic mass is 16.7. The van der Waals surface area contributed by atoms with E-state index in [-0.39, 0.29) is 17.9 Å². The van der Waals surface area contributed by atoms with E-state index in [1.54, 1.807) is 20.8 Å². The Hall–Kier alpha value is -3.51. The van der Waals surface area contributed by atoms with Gasteiger partial charge in [0.1, 0.15) is 5.60 Å². The van der Waals surface area contributed by atoms with Gasteiger partial charge in [0.05, 0.1) is 0 Å². The van der Waals surface area contributed by atoms with Crippen LogP contribution >= 0.6 is 0 Å². The van der Waals surface area contributed by atoms with Gasteiger partial charge in [-0.3, -0.25) is 19.2 Å². The Morgan fingerprint density at radius 1 is 0.781 bits per heavy atom. The van der Waals surface area contributed by atoms with Gasteiger partial charge in [-0.2, -0.15) is 0 Å². The number of nitrogens with zero attached hydrogens (tertiary/aromatic N) is 1. The lowest BCUT2D eigenvalue weighted by Crippen LogP contribution is -2.50. The molecule has 0 aromatic carbocycles. The molecule has 0 N–H and O–H groups in total. The van der Waals surface area contributed by atoms with Crippen molar-refractivity contribution in [3.8, 4) is 0 Å². The number of hydroxylamine groups is 2. The Labute approximate surface area is 183 Å². The largest absolute Gasteiger partial charge is 0.457 e. The first-order chi connectivity index (χ1) is 14.6. The lowest BCUT2D eigenvalue weighted by atomic mass is 10.2. The van der Waals surface area contributed by atoms with Gasteiger partial charge in [-0.15, -0.1) is 5.06 Å². The molecule has 2 amide bonds. The standard InChI is InChI=1S/C19H25NO12/c1-9(16(25)31-19(4,5)6)28-17(26)14(29-10(2)21)15(30-11(3)22)18(27)32-20-12(23)7-8-13(20)24/h9,14-15H,7-8H2,1-6H3/t9-,14?,15+/m0/s1. The molecule has 1 fully saturated rings. The lowest BCUT2D eigenvalue weighted by Gasteiger charge is -2.26. The van der Waals surface area contributed by atoms with Gasteiger partial charge in [0.25, 0.3) is 11.8 Å². The topological polar surface area (TPSA) is 169 Å². The van der Waals surface area contributed by atoms with Crippen LogP contribution in [0, 0.1) is 0 Å². The molecule has 1 aliphatic heterocycles. The van der Waals surface area contributed by atoms with Crippen molar-refractivity contribution in [3.05, 3.63) is 0 Å². The molecule has 32 heavy (non-hydrogen) atoms. The zero-order chi connectivity index (χ0) is 24.8. The summed E-state index contributed by atoms with van der Waals surface area (Å²) in [6, 6.07) is 0. The maximum Gasteiger partial charge on any atom is 0.377 e. The summed E-state index contributed by atoms with van der Waals surface area (Å²) in [4.78, 5) is 88.2. The van der Waals surface area contributed by atoms with Crippen LogP contribution in [0.1, 0.15) is 54.4 Å². The van der Waals surface area contributed by atoms with E-state index in [9.17, 15) is 33.6 Å². The molecule has 0 aliphatic carbocycles. The Morgan fingerprint density at radius 2 is 1.22 bits per heavy atom. The summed E-state index contributed by atoms with van der Waals surface area (Å²) < 4.78 is 19.5. The number of hydrogen-bond acceptors (Lipinski definition) is 12. The minimum Gasteiger partial charge on any atom is -0.457 e. The smallest absolute Gasteiger partial charge is 0.377 e. The maximum atomic E-state index is 12.6. The summed E-state index contributed by atoms with van der Waals surface area (Å²) in [5.74, 6) is -7.78. The van der Waals surface area contributed by atoms with Gasteiger partial charge in [0, 0.05) is 26.7 Å². The van der Waals surface area contributed by atoms with Gasteiger partial charge < -0.3 is 23.8 Å². The zero-order valence-corrected chi connectivity index (χ0v) is 18.5. The van der Waals surface area contributed by atoms with Gasteiger partial charge in [0.15, 0.2) is 6.10 Å². The van der Waals surface area contributed by atoms with Crippen molar-refractivity contribution in [2.24, 2.45) is 0 Å². The third-order valence-electron chi connectivity index (χ3n) is 3.54. The lowest BCUT2D eigenvalue weighted by molar-refractivity contribution is -0.214. The van der Waals surface area contributed by atoms with Gasteiger partial charge in [-0.1, -0.05) is 0 Å². The van der Waals surface area contributed by atoms with E-state index < -0.39 is 65.6 Å². The molecular weight excluding hydrogens is 434 g/mol. The highest BCUT2D eigenvalue weighted by Crippen LogP contribution is 2.17. The molecule has 1 aliphatic rings. The fourth-order valence-electron chi connectivity index (χ4n) is 2.30. The van der Waals surface area contributed by atoms with Crippen molar-refractivity contribution in [1.29, 1.82) is 0 Å². The molecule has 1 rings (SSSR count). The first-order valence-electron chi connectivity index (χ1n) is 9.47. The van der Waals surface area contributed by atoms with Crippen molar-refractivity contribution < 1.29 is 57.3 Å². The van der Waals surface area contributed by atoms with Gasteiger partial charge in [0.2, 0.25) is 12.2 Å². The van der Waals surface area contributed by atoms with Gasteiger partial charge in [-0.25, -0.2) is 14.4 Å². The van der Waals surface area contributed by atoms with Crippen molar-refractivity contribution in [2.45, 2.75) is 78.3 Å². The molecule has 0 aromatic rings. The number of carbonyl (C=O) groups excluding carboxylic acids is 7. The summed E-state index contributed by atoms with van der Waals surface area (Å²) in [7, 11) is 0.